The number of pyridine rings is 1. The normalized spacial score (nSPS) is 15.4. The Morgan fingerprint density at radius 3 is 2.74 bits per heavy atom. The first-order valence-corrected chi connectivity index (χ1v) is 9.17. The van der Waals surface area contributed by atoms with Crippen LogP contribution in [-0.2, 0) is 6.54 Å². The first-order chi connectivity index (χ1) is 13.0. The van der Waals surface area contributed by atoms with Crippen LogP contribution in [-0.4, -0.2) is 32.0 Å². The van der Waals surface area contributed by atoms with Crippen LogP contribution < -0.4 is 5.56 Å². The molecule has 0 aliphatic heterocycles. The second-order valence-corrected chi connectivity index (χ2v) is 7.20. The van der Waals surface area contributed by atoms with Gasteiger partial charge in [0, 0.05) is 31.4 Å². The lowest BCUT2D eigenvalue weighted by molar-refractivity contribution is 0.104. The van der Waals surface area contributed by atoms with Crippen molar-refractivity contribution in [3.8, 4) is 0 Å². The molecule has 2 aromatic heterocycles. The zero-order valence-electron chi connectivity index (χ0n) is 15.2. The highest BCUT2D eigenvalue weighted by molar-refractivity contribution is 5.46. The largest absolute Gasteiger partial charge is 0.387 e. The predicted molar refractivity (Wildman–Crippen MR) is 101 cm³/mol. The quantitative estimate of drug-likeness (QED) is 0.728. The van der Waals surface area contributed by atoms with Gasteiger partial charge in [-0.2, -0.15) is 0 Å². The number of hydrogen-bond donors (Lipinski definition) is 1. The first-order valence-electron chi connectivity index (χ1n) is 9.17. The molecule has 27 heavy (non-hydrogen) atoms. The van der Waals surface area contributed by atoms with E-state index < -0.39 is 6.10 Å². The molecule has 1 saturated carbocycles. The molecule has 140 valence electrons. The van der Waals surface area contributed by atoms with Gasteiger partial charge in [-0.3, -0.25) is 14.1 Å². The molecule has 1 N–H and O–H groups in total. The minimum atomic E-state index is -0.713. The van der Waals surface area contributed by atoms with Crippen molar-refractivity contribution in [2.24, 2.45) is 0 Å². The van der Waals surface area contributed by atoms with Gasteiger partial charge in [0.2, 0.25) is 0 Å². The number of fused-ring (bicyclic) bond motifs is 1. The maximum absolute atomic E-state index is 13.1. The molecule has 0 bridgehead atoms. The Labute approximate surface area is 156 Å². The van der Waals surface area contributed by atoms with Crippen LogP contribution >= 0.6 is 0 Å². The molecule has 1 aromatic carbocycles. The number of aliphatic hydroxyl groups is 1. The van der Waals surface area contributed by atoms with Crippen molar-refractivity contribution in [1.82, 2.24) is 14.3 Å². The smallest absolute Gasteiger partial charge is 0.258 e. The van der Waals surface area contributed by atoms with E-state index in [-0.39, 0.29) is 11.4 Å². The number of aromatic nitrogens is 2. The maximum atomic E-state index is 13.1. The molecule has 1 unspecified atom stereocenters. The van der Waals surface area contributed by atoms with Crippen LogP contribution in [0.5, 0.6) is 0 Å². The third-order valence-corrected chi connectivity index (χ3v) is 5.03. The molecule has 1 aliphatic carbocycles. The van der Waals surface area contributed by atoms with Gasteiger partial charge in [-0.05, 0) is 49.1 Å². The molecule has 6 heteroatoms. The molecular formula is C21H22FN3O2. The third kappa shape index (κ3) is 3.91. The van der Waals surface area contributed by atoms with Gasteiger partial charge in [0.05, 0.1) is 11.8 Å². The summed E-state index contributed by atoms with van der Waals surface area (Å²) in [5.41, 5.74) is 2.89. The van der Waals surface area contributed by atoms with Gasteiger partial charge in [-0.1, -0.05) is 18.2 Å². The molecule has 1 aliphatic rings. The Hall–Kier alpha value is -2.57. The topological polar surface area (TPSA) is 57.8 Å². The van der Waals surface area contributed by atoms with Gasteiger partial charge >= 0.3 is 0 Å². The summed E-state index contributed by atoms with van der Waals surface area (Å²) in [6, 6.07) is 11.6. The molecule has 1 atom stereocenters. The Morgan fingerprint density at radius 1 is 1.30 bits per heavy atom. The van der Waals surface area contributed by atoms with Gasteiger partial charge in [-0.15, -0.1) is 0 Å². The lowest BCUT2D eigenvalue weighted by atomic mass is 10.1. The van der Waals surface area contributed by atoms with Crippen molar-refractivity contribution >= 4 is 5.65 Å². The monoisotopic (exact) mass is 367 g/mol. The highest BCUT2D eigenvalue weighted by atomic mass is 19.1. The minimum absolute atomic E-state index is 0.103. The van der Waals surface area contributed by atoms with E-state index in [9.17, 15) is 14.3 Å². The molecule has 0 radical (unpaired) electrons. The van der Waals surface area contributed by atoms with E-state index in [1.54, 1.807) is 28.8 Å². The highest BCUT2D eigenvalue weighted by Crippen LogP contribution is 2.30. The summed E-state index contributed by atoms with van der Waals surface area (Å²) in [7, 11) is 0. The molecule has 0 spiro atoms. The number of aryl methyl sites for hydroxylation is 1. The first kappa shape index (κ1) is 17.8. The van der Waals surface area contributed by atoms with Crippen LogP contribution in [0.3, 0.4) is 0 Å². The highest BCUT2D eigenvalue weighted by Gasteiger charge is 2.31. The SMILES string of the molecule is Cc1cccn2c(=O)cc(CN(CC(O)c3ccc(F)cc3)C3CC3)nc12. The van der Waals surface area contributed by atoms with E-state index in [1.807, 2.05) is 19.1 Å². The Kier molecular flexibility index (Phi) is 4.76. The Morgan fingerprint density at radius 2 is 2.04 bits per heavy atom. The predicted octanol–water partition coefficient (Wildman–Crippen LogP) is 2.84. The van der Waals surface area contributed by atoms with Gasteiger partial charge in [-0.25, -0.2) is 9.37 Å². The zero-order valence-corrected chi connectivity index (χ0v) is 15.2. The molecule has 4 rings (SSSR count). The van der Waals surface area contributed by atoms with Crippen LogP contribution in [0.25, 0.3) is 5.65 Å². The second kappa shape index (κ2) is 7.21. The summed E-state index contributed by atoms with van der Waals surface area (Å²) < 4.78 is 14.7. The van der Waals surface area contributed by atoms with Crippen molar-refractivity contribution in [2.45, 2.75) is 38.5 Å². The minimum Gasteiger partial charge on any atom is -0.387 e. The van der Waals surface area contributed by atoms with Crippen molar-refractivity contribution in [3.63, 3.8) is 0 Å². The average molecular weight is 367 g/mol. The Bertz CT molecular complexity index is 1010. The summed E-state index contributed by atoms with van der Waals surface area (Å²) >= 11 is 0. The third-order valence-electron chi connectivity index (χ3n) is 5.03. The van der Waals surface area contributed by atoms with Crippen molar-refractivity contribution in [2.75, 3.05) is 6.54 Å². The summed E-state index contributed by atoms with van der Waals surface area (Å²) in [6.07, 6.45) is 3.15. The van der Waals surface area contributed by atoms with Crippen LogP contribution in [0.2, 0.25) is 0 Å². The van der Waals surface area contributed by atoms with Gasteiger partial charge in [0.25, 0.3) is 5.56 Å². The van der Waals surface area contributed by atoms with Gasteiger partial charge < -0.3 is 5.11 Å². The zero-order chi connectivity index (χ0) is 19.0. The molecule has 3 aromatic rings. The fraction of sp³-hybridized carbons (Fsp3) is 0.333. The summed E-state index contributed by atoms with van der Waals surface area (Å²) in [6.45, 7) is 2.86. The number of benzene rings is 1. The molecule has 0 amide bonds. The molecule has 1 fully saturated rings. The lowest BCUT2D eigenvalue weighted by Gasteiger charge is -2.25. The van der Waals surface area contributed by atoms with E-state index in [2.05, 4.69) is 9.88 Å². The summed E-state index contributed by atoms with van der Waals surface area (Å²) in [5.74, 6) is -0.318. The van der Waals surface area contributed by atoms with Crippen molar-refractivity contribution in [3.05, 3.63) is 81.7 Å². The van der Waals surface area contributed by atoms with Crippen molar-refractivity contribution in [1.29, 1.82) is 0 Å². The maximum Gasteiger partial charge on any atom is 0.258 e. The summed E-state index contributed by atoms with van der Waals surface area (Å²) in [5, 5.41) is 10.6. The number of hydrogen-bond acceptors (Lipinski definition) is 4. The average Bonchev–Trinajstić information content (AvgIpc) is 3.48. The standard InChI is InChI=1S/C21H22FN3O2/c1-14-3-2-10-25-20(27)11-17(23-21(14)25)12-24(18-8-9-18)13-19(26)15-4-6-16(22)7-5-15/h2-7,10-11,18-19,26H,8-9,12-13H2,1H3. The van der Waals surface area contributed by atoms with Gasteiger partial charge in [0.1, 0.15) is 11.5 Å². The number of rotatable bonds is 6. The molecule has 5 nitrogen and oxygen atoms in total. The van der Waals surface area contributed by atoms with Crippen LogP contribution in [0.4, 0.5) is 4.39 Å². The summed E-state index contributed by atoms with van der Waals surface area (Å²) in [4.78, 5) is 19.2. The van der Waals surface area contributed by atoms with Crippen LogP contribution in [0, 0.1) is 12.7 Å². The van der Waals surface area contributed by atoms with E-state index >= 15 is 0 Å². The Balaban J connectivity index is 1.57. The van der Waals surface area contributed by atoms with Crippen LogP contribution in [0.1, 0.15) is 35.8 Å². The van der Waals surface area contributed by atoms with E-state index in [4.69, 9.17) is 0 Å². The van der Waals surface area contributed by atoms with Crippen LogP contribution in [0.15, 0.2) is 53.5 Å². The van der Waals surface area contributed by atoms with E-state index in [0.29, 0.717) is 36.0 Å². The number of aliphatic hydroxyl groups excluding tert-OH is 1. The molecule has 2 heterocycles. The number of halogens is 1. The van der Waals surface area contributed by atoms with E-state index in [1.165, 1.54) is 12.1 Å². The molecular weight excluding hydrogens is 345 g/mol. The number of nitrogens with zero attached hydrogens (tertiary/aromatic N) is 3. The van der Waals surface area contributed by atoms with Gasteiger partial charge in [0.15, 0.2) is 0 Å². The van der Waals surface area contributed by atoms with Crippen molar-refractivity contribution < 1.29 is 9.50 Å². The fourth-order valence-electron chi connectivity index (χ4n) is 3.39. The molecule has 0 saturated heterocycles. The fourth-order valence-corrected chi connectivity index (χ4v) is 3.39. The second-order valence-electron chi connectivity index (χ2n) is 7.20. The van der Waals surface area contributed by atoms with E-state index in [0.717, 1.165) is 18.4 Å². The lowest BCUT2D eigenvalue weighted by Crippen LogP contribution is -2.31.